The van der Waals surface area contributed by atoms with Gasteiger partial charge in [0.15, 0.2) is 0 Å². The lowest BCUT2D eigenvalue weighted by molar-refractivity contribution is 0.0757. The molecule has 1 saturated heterocycles. The fourth-order valence-corrected chi connectivity index (χ4v) is 3.57. The van der Waals surface area contributed by atoms with Gasteiger partial charge in [-0.2, -0.15) is 0 Å². The maximum absolute atomic E-state index is 12.7. The summed E-state index contributed by atoms with van der Waals surface area (Å²) >= 11 is 2.29. The van der Waals surface area contributed by atoms with E-state index in [1.54, 1.807) is 0 Å². The molecule has 1 amide bonds. The normalized spacial score (nSPS) is 20.1. The van der Waals surface area contributed by atoms with Gasteiger partial charge >= 0.3 is 0 Å². The predicted molar refractivity (Wildman–Crippen MR) is 92.0 cm³/mol. The van der Waals surface area contributed by atoms with Crippen LogP contribution in [0.5, 0.6) is 0 Å². The molecule has 1 aliphatic heterocycles. The number of likely N-dealkylation sites (tertiary alicyclic amines) is 1. The molecule has 0 bridgehead atoms. The Morgan fingerprint density at radius 2 is 2.05 bits per heavy atom. The highest BCUT2D eigenvalue weighted by Gasteiger charge is 2.24. The van der Waals surface area contributed by atoms with Crippen LogP contribution in [0.4, 0.5) is 0 Å². The Morgan fingerprint density at radius 1 is 1.30 bits per heavy atom. The van der Waals surface area contributed by atoms with Crippen LogP contribution in [0.15, 0.2) is 18.2 Å². The van der Waals surface area contributed by atoms with E-state index in [-0.39, 0.29) is 5.91 Å². The molecule has 0 N–H and O–H groups in total. The van der Waals surface area contributed by atoms with E-state index in [2.05, 4.69) is 54.3 Å². The molecule has 1 aromatic rings. The number of carbonyl (C=O) groups excluding carboxylic acids is 1. The van der Waals surface area contributed by atoms with Crippen molar-refractivity contribution >= 4 is 28.5 Å². The summed E-state index contributed by atoms with van der Waals surface area (Å²) in [5.74, 6) is 1.70. The first-order valence-corrected chi connectivity index (χ1v) is 8.63. The summed E-state index contributed by atoms with van der Waals surface area (Å²) in [5.41, 5.74) is 2.06. The number of carbonyl (C=O) groups is 1. The topological polar surface area (TPSA) is 20.3 Å². The van der Waals surface area contributed by atoms with Crippen LogP contribution < -0.4 is 0 Å². The van der Waals surface area contributed by atoms with Gasteiger partial charge in [0.2, 0.25) is 0 Å². The Balaban J connectivity index is 2.11. The second-order valence-electron chi connectivity index (χ2n) is 6.16. The van der Waals surface area contributed by atoms with Gasteiger partial charge in [0, 0.05) is 16.7 Å². The van der Waals surface area contributed by atoms with Crippen LogP contribution in [0.3, 0.4) is 0 Å². The zero-order chi connectivity index (χ0) is 14.7. The Morgan fingerprint density at radius 3 is 2.75 bits per heavy atom. The minimum Gasteiger partial charge on any atom is -0.339 e. The first-order chi connectivity index (χ1) is 9.50. The average Bonchev–Trinajstić information content (AvgIpc) is 2.67. The smallest absolute Gasteiger partial charge is 0.254 e. The Hall–Kier alpha value is -0.580. The lowest BCUT2D eigenvalue weighted by Crippen LogP contribution is -2.32. The number of halogens is 1. The monoisotopic (exact) mass is 385 g/mol. The van der Waals surface area contributed by atoms with Gasteiger partial charge < -0.3 is 4.90 Å². The van der Waals surface area contributed by atoms with E-state index < -0.39 is 0 Å². The summed E-state index contributed by atoms with van der Waals surface area (Å²) in [6, 6.07) is 6.01. The van der Waals surface area contributed by atoms with Crippen molar-refractivity contribution in [3.8, 4) is 0 Å². The number of amides is 1. The molecule has 1 unspecified atom stereocenters. The summed E-state index contributed by atoms with van der Waals surface area (Å²) < 4.78 is 1.10. The van der Waals surface area contributed by atoms with Crippen LogP contribution in [-0.4, -0.2) is 23.9 Å². The number of nitrogens with zero attached hydrogens (tertiary/aromatic N) is 1. The van der Waals surface area contributed by atoms with Gasteiger partial charge in [-0.25, -0.2) is 0 Å². The maximum atomic E-state index is 12.7. The molecule has 0 spiro atoms. The van der Waals surface area contributed by atoms with Crippen LogP contribution in [-0.2, 0) is 0 Å². The Bertz CT molecular complexity index is 484. The quantitative estimate of drug-likeness (QED) is 0.687. The fraction of sp³-hybridized carbons (Fsp3) is 0.588. The third kappa shape index (κ3) is 3.54. The van der Waals surface area contributed by atoms with Crippen LogP contribution in [0.25, 0.3) is 0 Å². The molecule has 1 aliphatic rings. The number of rotatable bonds is 2. The zero-order valence-electron chi connectivity index (χ0n) is 12.7. The first kappa shape index (κ1) is 15.8. The van der Waals surface area contributed by atoms with Crippen molar-refractivity contribution < 1.29 is 4.79 Å². The molecule has 20 heavy (non-hydrogen) atoms. The molecule has 0 radical (unpaired) electrons. The van der Waals surface area contributed by atoms with Gasteiger partial charge in [0.1, 0.15) is 0 Å². The summed E-state index contributed by atoms with van der Waals surface area (Å²) in [6.07, 6.45) is 3.54. The van der Waals surface area contributed by atoms with E-state index in [1.165, 1.54) is 12.0 Å². The molecule has 1 heterocycles. The van der Waals surface area contributed by atoms with Crippen molar-refractivity contribution in [3.63, 3.8) is 0 Å². The largest absolute Gasteiger partial charge is 0.339 e. The minimum atomic E-state index is 0.211. The summed E-state index contributed by atoms with van der Waals surface area (Å²) in [7, 11) is 0. The molecule has 0 aromatic heterocycles. The minimum absolute atomic E-state index is 0.211. The molecule has 110 valence electrons. The third-order valence-corrected chi connectivity index (χ3v) is 5.86. The second-order valence-corrected chi connectivity index (χ2v) is 7.24. The number of hydrogen-bond donors (Lipinski definition) is 0. The van der Waals surface area contributed by atoms with Gasteiger partial charge in [0.05, 0.1) is 5.56 Å². The lowest BCUT2D eigenvalue weighted by Gasteiger charge is -2.22. The molecule has 2 rings (SSSR count). The highest BCUT2D eigenvalue weighted by Crippen LogP contribution is 2.26. The van der Waals surface area contributed by atoms with Gasteiger partial charge in [-0.05, 0) is 72.2 Å². The fourth-order valence-electron chi connectivity index (χ4n) is 2.97. The van der Waals surface area contributed by atoms with Crippen LogP contribution >= 0.6 is 22.6 Å². The molecule has 1 atom stereocenters. The van der Waals surface area contributed by atoms with Crippen molar-refractivity contribution in [3.05, 3.63) is 32.9 Å². The number of aryl methyl sites for hydroxylation is 1. The van der Waals surface area contributed by atoms with E-state index in [1.807, 2.05) is 12.1 Å². The molecule has 0 aliphatic carbocycles. The van der Waals surface area contributed by atoms with Gasteiger partial charge in [0.25, 0.3) is 5.91 Å². The first-order valence-electron chi connectivity index (χ1n) is 7.55. The van der Waals surface area contributed by atoms with Crippen molar-refractivity contribution in [2.45, 2.75) is 40.0 Å². The summed E-state index contributed by atoms with van der Waals surface area (Å²) in [4.78, 5) is 14.8. The zero-order valence-corrected chi connectivity index (χ0v) is 14.8. The van der Waals surface area contributed by atoms with Crippen LogP contribution in [0.1, 0.15) is 49.0 Å². The SMILES string of the molecule is Cc1cccc(C(=O)N2CCCC(C(C)C)CC2)c1I. The molecule has 1 fully saturated rings. The van der Waals surface area contributed by atoms with Crippen molar-refractivity contribution in [2.24, 2.45) is 11.8 Å². The molecule has 2 nitrogen and oxygen atoms in total. The summed E-state index contributed by atoms with van der Waals surface area (Å²) in [6.45, 7) is 8.48. The van der Waals surface area contributed by atoms with Gasteiger partial charge in [-0.3, -0.25) is 4.79 Å². The number of hydrogen-bond acceptors (Lipinski definition) is 1. The van der Waals surface area contributed by atoms with E-state index in [9.17, 15) is 4.79 Å². The molecular weight excluding hydrogens is 361 g/mol. The standard InChI is InChI=1S/C17H24INO/c1-12(2)14-7-5-10-19(11-9-14)17(20)15-8-4-6-13(3)16(15)18/h4,6,8,12,14H,5,7,9-11H2,1-3H3. The van der Waals surface area contributed by atoms with E-state index in [4.69, 9.17) is 0 Å². The third-order valence-electron chi connectivity index (χ3n) is 4.42. The summed E-state index contributed by atoms with van der Waals surface area (Å²) in [5, 5.41) is 0. The maximum Gasteiger partial charge on any atom is 0.254 e. The van der Waals surface area contributed by atoms with Crippen LogP contribution in [0, 0.1) is 22.3 Å². The molecule has 0 saturated carbocycles. The van der Waals surface area contributed by atoms with Gasteiger partial charge in [-0.15, -0.1) is 0 Å². The van der Waals surface area contributed by atoms with E-state index in [0.29, 0.717) is 0 Å². The van der Waals surface area contributed by atoms with Gasteiger partial charge in [-0.1, -0.05) is 26.0 Å². The Labute approximate surface area is 136 Å². The van der Waals surface area contributed by atoms with Crippen LogP contribution in [0.2, 0.25) is 0 Å². The van der Waals surface area contributed by atoms with E-state index in [0.717, 1.165) is 46.9 Å². The predicted octanol–water partition coefficient (Wildman–Crippen LogP) is 4.50. The number of benzene rings is 1. The molecule has 3 heteroatoms. The highest BCUT2D eigenvalue weighted by molar-refractivity contribution is 14.1. The average molecular weight is 385 g/mol. The highest BCUT2D eigenvalue weighted by atomic mass is 127. The molecule has 1 aromatic carbocycles. The van der Waals surface area contributed by atoms with Crippen molar-refractivity contribution in [2.75, 3.05) is 13.1 Å². The van der Waals surface area contributed by atoms with Crippen molar-refractivity contribution in [1.29, 1.82) is 0 Å². The molecular formula is C17H24INO. The van der Waals surface area contributed by atoms with Crippen molar-refractivity contribution in [1.82, 2.24) is 4.90 Å². The Kier molecular flexibility index (Phi) is 5.47. The second kappa shape index (κ2) is 6.92. The van der Waals surface area contributed by atoms with E-state index >= 15 is 0 Å². The lowest BCUT2D eigenvalue weighted by atomic mass is 9.89.